The molecule has 2 rings (SSSR count). The van der Waals surface area contributed by atoms with E-state index >= 15 is 0 Å². The summed E-state index contributed by atoms with van der Waals surface area (Å²) < 4.78 is 5.80. The quantitative estimate of drug-likeness (QED) is 0.843. The normalized spacial score (nSPS) is 19.1. The van der Waals surface area contributed by atoms with Crippen molar-refractivity contribution in [1.29, 1.82) is 0 Å². The third-order valence-corrected chi connectivity index (χ3v) is 3.84. The molecule has 1 aromatic rings. The molecule has 0 radical (unpaired) electrons. The van der Waals surface area contributed by atoms with Crippen molar-refractivity contribution in [2.24, 2.45) is 0 Å². The minimum Gasteiger partial charge on any atom is -0.376 e. The average Bonchev–Trinajstić information content (AvgIpc) is 2.45. The fourth-order valence-corrected chi connectivity index (χ4v) is 2.77. The van der Waals surface area contributed by atoms with Gasteiger partial charge in [-0.15, -0.1) is 0 Å². The summed E-state index contributed by atoms with van der Waals surface area (Å²) in [7, 11) is 0. The van der Waals surface area contributed by atoms with Crippen molar-refractivity contribution in [3.63, 3.8) is 0 Å². The summed E-state index contributed by atoms with van der Waals surface area (Å²) in [5.41, 5.74) is 3.08. The van der Waals surface area contributed by atoms with Crippen LogP contribution in [0.3, 0.4) is 0 Å². The highest BCUT2D eigenvalue weighted by molar-refractivity contribution is 5.95. The van der Waals surface area contributed by atoms with Crippen molar-refractivity contribution in [2.75, 3.05) is 19.7 Å². The van der Waals surface area contributed by atoms with Crippen LogP contribution in [-0.2, 0) is 4.74 Å². The van der Waals surface area contributed by atoms with Crippen molar-refractivity contribution in [1.82, 2.24) is 4.90 Å². The smallest absolute Gasteiger partial charge is 0.254 e. The summed E-state index contributed by atoms with van der Waals surface area (Å²) in [5, 5.41) is 0. The van der Waals surface area contributed by atoms with Crippen molar-refractivity contribution in [3.8, 4) is 0 Å². The van der Waals surface area contributed by atoms with Gasteiger partial charge in [0.1, 0.15) is 0 Å². The first kappa shape index (κ1) is 15.0. The highest BCUT2D eigenvalue weighted by Crippen LogP contribution is 2.19. The van der Waals surface area contributed by atoms with Crippen molar-refractivity contribution in [2.45, 2.75) is 46.1 Å². The van der Waals surface area contributed by atoms with Gasteiger partial charge in [-0.3, -0.25) is 4.79 Å². The molecule has 1 aliphatic heterocycles. The van der Waals surface area contributed by atoms with Gasteiger partial charge < -0.3 is 9.64 Å². The zero-order valence-electron chi connectivity index (χ0n) is 12.8. The van der Waals surface area contributed by atoms with Crippen LogP contribution in [0.5, 0.6) is 0 Å². The Morgan fingerprint density at radius 3 is 2.90 bits per heavy atom. The lowest BCUT2D eigenvalue weighted by molar-refractivity contribution is 0.00208. The van der Waals surface area contributed by atoms with Gasteiger partial charge in [-0.25, -0.2) is 0 Å². The number of amides is 1. The second-order valence-electron chi connectivity index (χ2n) is 5.70. The number of likely N-dealkylation sites (tertiary alicyclic amines) is 1. The number of aryl methyl sites for hydroxylation is 2. The predicted molar refractivity (Wildman–Crippen MR) is 81.1 cm³/mol. The lowest BCUT2D eigenvalue weighted by atomic mass is 10.0. The van der Waals surface area contributed by atoms with Gasteiger partial charge in [0.05, 0.1) is 6.10 Å². The Morgan fingerprint density at radius 2 is 2.20 bits per heavy atom. The lowest BCUT2D eigenvalue weighted by Gasteiger charge is -2.33. The van der Waals surface area contributed by atoms with E-state index in [0.717, 1.165) is 50.1 Å². The van der Waals surface area contributed by atoms with Gasteiger partial charge in [0, 0.05) is 25.3 Å². The highest BCUT2D eigenvalue weighted by Gasteiger charge is 2.25. The Bertz CT molecular complexity index is 470. The second kappa shape index (κ2) is 6.89. The fourth-order valence-electron chi connectivity index (χ4n) is 2.77. The molecule has 1 amide bonds. The first-order valence-corrected chi connectivity index (χ1v) is 7.60. The Labute approximate surface area is 121 Å². The molecule has 3 nitrogen and oxygen atoms in total. The first-order chi connectivity index (χ1) is 9.61. The molecule has 0 saturated carbocycles. The van der Waals surface area contributed by atoms with Gasteiger partial charge in [0.25, 0.3) is 5.91 Å². The summed E-state index contributed by atoms with van der Waals surface area (Å²) >= 11 is 0. The standard InChI is InChI=1S/C17H25NO2/c1-4-10-20-15-6-5-9-18(12-15)17(19)16-8-7-13(2)11-14(16)3/h7-8,11,15H,4-6,9-10,12H2,1-3H3. The van der Waals surface area contributed by atoms with Crippen LogP contribution < -0.4 is 0 Å². The van der Waals surface area contributed by atoms with Gasteiger partial charge in [-0.1, -0.05) is 24.6 Å². The van der Waals surface area contributed by atoms with E-state index in [-0.39, 0.29) is 12.0 Å². The molecule has 0 aliphatic carbocycles. The molecular formula is C17H25NO2. The van der Waals surface area contributed by atoms with E-state index in [9.17, 15) is 4.79 Å². The minimum absolute atomic E-state index is 0.146. The van der Waals surface area contributed by atoms with Gasteiger partial charge in [0.2, 0.25) is 0 Å². The van der Waals surface area contributed by atoms with Crippen LogP contribution in [0.4, 0.5) is 0 Å². The molecular weight excluding hydrogens is 250 g/mol. The molecule has 20 heavy (non-hydrogen) atoms. The fraction of sp³-hybridized carbons (Fsp3) is 0.588. The van der Waals surface area contributed by atoms with Crippen LogP contribution in [0.15, 0.2) is 18.2 Å². The van der Waals surface area contributed by atoms with Gasteiger partial charge in [-0.2, -0.15) is 0 Å². The number of carbonyl (C=O) groups excluding carboxylic acids is 1. The van der Waals surface area contributed by atoms with E-state index in [0.29, 0.717) is 0 Å². The van der Waals surface area contributed by atoms with Crippen molar-refractivity contribution < 1.29 is 9.53 Å². The van der Waals surface area contributed by atoms with E-state index in [4.69, 9.17) is 4.74 Å². The van der Waals surface area contributed by atoms with Crippen molar-refractivity contribution >= 4 is 5.91 Å². The topological polar surface area (TPSA) is 29.5 Å². The maximum Gasteiger partial charge on any atom is 0.254 e. The molecule has 1 atom stereocenters. The molecule has 0 spiro atoms. The van der Waals surface area contributed by atoms with Gasteiger partial charge in [0.15, 0.2) is 0 Å². The predicted octanol–water partition coefficient (Wildman–Crippen LogP) is 3.33. The molecule has 1 fully saturated rings. The third-order valence-electron chi connectivity index (χ3n) is 3.84. The summed E-state index contributed by atoms with van der Waals surface area (Å²) in [6.45, 7) is 8.54. The lowest BCUT2D eigenvalue weighted by Crippen LogP contribution is -2.43. The number of piperidine rings is 1. The third kappa shape index (κ3) is 3.60. The zero-order valence-corrected chi connectivity index (χ0v) is 12.8. The monoisotopic (exact) mass is 275 g/mol. The molecule has 1 heterocycles. The number of ether oxygens (including phenoxy) is 1. The number of carbonyl (C=O) groups is 1. The Hall–Kier alpha value is -1.35. The zero-order chi connectivity index (χ0) is 14.5. The van der Waals surface area contributed by atoms with Crippen LogP contribution in [-0.4, -0.2) is 36.6 Å². The summed E-state index contributed by atoms with van der Waals surface area (Å²) in [4.78, 5) is 14.6. The molecule has 0 N–H and O–H groups in total. The van der Waals surface area contributed by atoms with Crippen LogP contribution in [0.2, 0.25) is 0 Å². The van der Waals surface area contributed by atoms with Gasteiger partial charge >= 0.3 is 0 Å². The molecule has 1 aromatic carbocycles. The molecule has 0 aromatic heterocycles. The number of hydrogen-bond acceptors (Lipinski definition) is 2. The van der Waals surface area contributed by atoms with Crippen LogP contribution in [0, 0.1) is 13.8 Å². The summed E-state index contributed by atoms with van der Waals surface area (Å²) in [6, 6.07) is 6.03. The second-order valence-corrected chi connectivity index (χ2v) is 5.70. The minimum atomic E-state index is 0.146. The Morgan fingerprint density at radius 1 is 1.40 bits per heavy atom. The van der Waals surface area contributed by atoms with E-state index in [1.54, 1.807) is 0 Å². The number of nitrogens with zero attached hydrogens (tertiary/aromatic N) is 1. The molecule has 110 valence electrons. The van der Waals surface area contributed by atoms with E-state index in [2.05, 4.69) is 19.9 Å². The Balaban J connectivity index is 2.04. The molecule has 1 saturated heterocycles. The molecule has 1 unspecified atom stereocenters. The van der Waals surface area contributed by atoms with Crippen LogP contribution in [0.25, 0.3) is 0 Å². The van der Waals surface area contributed by atoms with E-state index < -0.39 is 0 Å². The van der Waals surface area contributed by atoms with Crippen LogP contribution >= 0.6 is 0 Å². The molecule has 1 aliphatic rings. The van der Waals surface area contributed by atoms with Gasteiger partial charge in [-0.05, 0) is 44.7 Å². The van der Waals surface area contributed by atoms with E-state index in [1.165, 1.54) is 5.56 Å². The van der Waals surface area contributed by atoms with Crippen LogP contribution in [0.1, 0.15) is 47.7 Å². The van der Waals surface area contributed by atoms with E-state index in [1.807, 2.05) is 24.0 Å². The average molecular weight is 275 g/mol. The maximum absolute atomic E-state index is 12.6. The SMILES string of the molecule is CCCOC1CCCN(C(=O)c2ccc(C)cc2C)C1. The molecule has 3 heteroatoms. The molecule has 0 bridgehead atoms. The first-order valence-electron chi connectivity index (χ1n) is 7.60. The number of rotatable bonds is 4. The van der Waals surface area contributed by atoms with Crippen molar-refractivity contribution in [3.05, 3.63) is 34.9 Å². The highest BCUT2D eigenvalue weighted by atomic mass is 16.5. The maximum atomic E-state index is 12.6. The largest absolute Gasteiger partial charge is 0.376 e. The summed E-state index contributed by atoms with van der Waals surface area (Å²) in [5.74, 6) is 0.146. The number of benzene rings is 1. The number of hydrogen-bond donors (Lipinski definition) is 0. The Kier molecular flexibility index (Phi) is 5.18. The summed E-state index contributed by atoms with van der Waals surface area (Å²) in [6.07, 6.45) is 3.34.